The lowest BCUT2D eigenvalue weighted by Crippen LogP contribution is -2.15. The van der Waals surface area contributed by atoms with E-state index in [9.17, 15) is 14.0 Å². The normalized spacial score (nSPS) is 10.5. The summed E-state index contributed by atoms with van der Waals surface area (Å²) in [6.07, 6.45) is 0.887. The molecule has 0 bridgehead atoms. The van der Waals surface area contributed by atoms with Crippen molar-refractivity contribution in [1.82, 2.24) is 0 Å². The number of carboxylic acids is 1. The number of halogens is 1. The van der Waals surface area contributed by atoms with Crippen LogP contribution in [-0.2, 0) is 16.0 Å². The van der Waals surface area contributed by atoms with E-state index in [1.54, 1.807) is 6.92 Å². The average Bonchev–Trinajstić information content (AvgIpc) is 2.89. The summed E-state index contributed by atoms with van der Waals surface area (Å²) < 4.78 is 29.1. The van der Waals surface area contributed by atoms with Gasteiger partial charge in [-0.3, -0.25) is 9.59 Å². The molecule has 0 saturated carbocycles. The Balaban J connectivity index is 2.12. The molecule has 0 atom stereocenters. The summed E-state index contributed by atoms with van der Waals surface area (Å²) in [4.78, 5) is 23.2. The van der Waals surface area contributed by atoms with Crippen LogP contribution in [0.2, 0.25) is 0 Å². The third-order valence-electron chi connectivity index (χ3n) is 3.32. The second-order valence-corrected chi connectivity index (χ2v) is 5.23. The van der Waals surface area contributed by atoms with Gasteiger partial charge in [-0.05, 0) is 19.1 Å². The number of benzene rings is 1. The number of carbonyl (C=O) groups excluding carboxylic acids is 1. The molecule has 0 aliphatic carbocycles. The summed E-state index contributed by atoms with van der Waals surface area (Å²) >= 11 is 0. The minimum Gasteiger partial charge on any atom is -0.488 e. The number of carboxylic acid groups (broad SMARTS) is 1. The predicted molar refractivity (Wildman–Crippen MR) is 86.5 cm³/mol. The number of ether oxygens (including phenoxy) is 2. The second kappa shape index (κ2) is 8.29. The van der Waals surface area contributed by atoms with Crippen LogP contribution in [0.1, 0.15) is 21.7 Å². The summed E-state index contributed by atoms with van der Waals surface area (Å²) in [5, 5.41) is 11.4. The van der Waals surface area contributed by atoms with E-state index in [4.69, 9.17) is 19.0 Å². The zero-order chi connectivity index (χ0) is 18.4. The molecule has 0 unspecified atom stereocenters. The lowest BCUT2D eigenvalue weighted by Gasteiger charge is -2.10. The van der Waals surface area contributed by atoms with Gasteiger partial charge in [0.15, 0.2) is 11.6 Å². The molecule has 2 N–H and O–H groups in total. The largest absolute Gasteiger partial charge is 0.488 e. The van der Waals surface area contributed by atoms with Gasteiger partial charge < -0.3 is 24.3 Å². The van der Waals surface area contributed by atoms with Gasteiger partial charge in [0.2, 0.25) is 0 Å². The van der Waals surface area contributed by atoms with Crippen LogP contribution in [0.15, 0.2) is 28.9 Å². The van der Waals surface area contributed by atoms with E-state index in [1.165, 1.54) is 25.5 Å². The van der Waals surface area contributed by atoms with Crippen LogP contribution in [-0.4, -0.2) is 37.3 Å². The predicted octanol–water partition coefficient (Wildman–Crippen LogP) is 2.63. The number of amides is 1. The number of hydrogen-bond donors (Lipinski definition) is 2. The Bertz CT molecular complexity index is 770. The molecule has 1 heterocycles. The van der Waals surface area contributed by atoms with Crippen LogP contribution in [0.4, 0.5) is 10.1 Å². The fraction of sp³-hybridized carbons (Fsp3) is 0.294. The van der Waals surface area contributed by atoms with E-state index >= 15 is 0 Å². The quantitative estimate of drug-likeness (QED) is 0.710. The van der Waals surface area contributed by atoms with Crippen molar-refractivity contribution in [3.63, 3.8) is 0 Å². The Hall–Kier alpha value is -2.87. The SMILES string of the molecule is COCCOc1ccc(NC(=O)c2c(C)coc2CC(=O)O)cc1F. The molecule has 1 aromatic carbocycles. The standard InChI is InChI=1S/C17H18FNO6/c1-10-9-25-14(8-15(20)21)16(10)17(22)19-11-3-4-13(12(18)7-11)24-6-5-23-2/h3-4,7,9H,5-6,8H2,1-2H3,(H,19,22)(H,20,21). The smallest absolute Gasteiger partial charge is 0.311 e. The molecule has 0 saturated heterocycles. The van der Waals surface area contributed by atoms with Gasteiger partial charge in [-0.25, -0.2) is 4.39 Å². The number of hydrogen-bond acceptors (Lipinski definition) is 5. The van der Waals surface area contributed by atoms with Crippen molar-refractivity contribution >= 4 is 17.6 Å². The molecule has 134 valence electrons. The van der Waals surface area contributed by atoms with E-state index in [0.29, 0.717) is 12.2 Å². The van der Waals surface area contributed by atoms with Gasteiger partial charge in [0.25, 0.3) is 5.91 Å². The number of carbonyl (C=O) groups is 2. The first-order chi connectivity index (χ1) is 11.9. The fourth-order valence-electron chi connectivity index (χ4n) is 2.19. The van der Waals surface area contributed by atoms with Crippen LogP contribution < -0.4 is 10.1 Å². The van der Waals surface area contributed by atoms with Gasteiger partial charge in [-0.1, -0.05) is 0 Å². The van der Waals surface area contributed by atoms with Crippen molar-refractivity contribution in [2.45, 2.75) is 13.3 Å². The van der Waals surface area contributed by atoms with Gasteiger partial charge in [-0.2, -0.15) is 0 Å². The molecular formula is C17H18FNO6. The Labute approximate surface area is 143 Å². The number of nitrogens with one attached hydrogen (secondary N) is 1. The van der Waals surface area contributed by atoms with Crippen LogP contribution in [0.5, 0.6) is 5.75 Å². The summed E-state index contributed by atoms with van der Waals surface area (Å²) in [7, 11) is 1.51. The fourth-order valence-corrected chi connectivity index (χ4v) is 2.19. The van der Waals surface area contributed by atoms with Crippen molar-refractivity contribution in [2.75, 3.05) is 25.6 Å². The maximum absolute atomic E-state index is 14.0. The van der Waals surface area contributed by atoms with Crippen molar-refractivity contribution < 1.29 is 33.0 Å². The molecule has 0 fully saturated rings. The molecule has 0 aliphatic rings. The molecule has 1 aromatic heterocycles. The summed E-state index contributed by atoms with van der Waals surface area (Å²) in [6, 6.07) is 3.99. The molecule has 7 nitrogen and oxygen atoms in total. The van der Waals surface area contributed by atoms with E-state index in [-0.39, 0.29) is 29.4 Å². The highest BCUT2D eigenvalue weighted by Crippen LogP contribution is 2.23. The third-order valence-corrected chi connectivity index (χ3v) is 3.32. The third kappa shape index (κ3) is 4.80. The Kier molecular flexibility index (Phi) is 6.13. The minimum absolute atomic E-state index is 0.0427. The second-order valence-electron chi connectivity index (χ2n) is 5.23. The van der Waals surface area contributed by atoms with Crippen molar-refractivity contribution in [3.05, 3.63) is 47.2 Å². The van der Waals surface area contributed by atoms with Gasteiger partial charge in [-0.15, -0.1) is 0 Å². The van der Waals surface area contributed by atoms with Gasteiger partial charge in [0.1, 0.15) is 18.8 Å². The monoisotopic (exact) mass is 351 g/mol. The van der Waals surface area contributed by atoms with Crippen molar-refractivity contribution in [1.29, 1.82) is 0 Å². The first-order valence-electron chi connectivity index (χ1n) is 7.43. The van der Waals surface area contributed by atoms with Crippen molar-refractivity contribution in [2.24, 2.45) is 0 Å². The number of furan rings is 1. The van der Waals surface area contributed by atoms with Crippen LogP contribution in [0.3, 0.4) is 0 Å². The van der Waals surface area contributed by atoms with Crippen LogP contribution in [0, 0.1) is 12.7 Å². The zero-order valence-electron chi connectivity index (χ0n) is 13.8. The number of aliphatic carboxylic acids is 1. The highest BCUT2D eigenvalue weighted by molar-refractivity contribution is 6.06. The Morgan fingerprint density at radius 2 is 2.08 bits per heavy atom. The Morgan fingerprint density at radius 3 is 2.72 bits per heavy atom. The highest BCUT2D eigenvalue weighted by atomic mass is 19.1. The lowest BCUT2D eigenvalue weighted by molar-refractivity contribution is -0.136. The first kappa shape index (κ1) is 18.5. The first-order valence-corrected chi connectivity index (χ1v) is 7.43. The average molecular weight is 351 g/mol. The van der Waals surface area contributed by atoms with Crippen molar-refractivity contribution in [3.8, 4) is 5.75 Å². The van der Waals surface area contributed by atoms with Gasteiger partial charge in [0.05, 0.1) is 18.4 Å². The maximum Gasteiger partial charge on any atom is 0.311 e. The summed E-state index contributed by atoms with van der Waals surface area (Å²) in [5.41, 5.74) is 0.834. The van der Waals surface area contributed by atoms with Gasteiger partial charge >= 0.3 is 5.97 Å². The molecule has 0 radical (unpaired) electrons. The highest BCUT2D eigenvalue weighted by Gasteiger charge is 2.21. The molecule has 2 aromatic rings. The Morgan fingerprint density at radius 1 is 1.32 bits per heavy atom. The summed E-state index contributed by atoms with van der Waals surface area (Å²) in [6.45, 7) is 2.15. The van der Waals surface area contributed by atoms with E-state index < -0.39 is 24.1 Å². The van der Waals surface area contributed by atoms with Crippen LogP contribution >= 0.6 is 0 Å². The molecule has 0 spiro atoms. The molecule has 2 rings (SSSR count). The maximum atomic E-state index is 14.0. The minimum atomic E-state index is -1.12. The molecule has 0 aliphatic heterocycles. The molecular weight excluding hydrogens is 333 g/mol. The van der Waals surface area contributed by atoms with E-state index in [1.807, 2.05) is 0 Å². The zero-order valence-corrected chi connectivity index (χ0v) is 13.8. The topological polar surface area (TPSA) is 98.0 Å². The lowest BCUT2D eigenvalue weighted by atomic mass is 10.1. The number of aryl methyl sites for hydroxylation is 1. The van der Waals surface area contributed by atoms with E-state index in [0.717, 1.165) is 6.07 Å². The van der Waals surface area contributed by atoms with Crippen LogP contribution in [0.25, 0.3) is 0 Å². The van der Waals surface area contributed by atoms with Gasteiger partial charge in [0, 0.05) is 24.4 Å². The molecule has 8 heteroatoms. The number of methoxy groups -OCH3 is 1. The number of rotatable bonds is 8. The molecule has 25 heavy (non-hydrogen) atoms. The molecule has 1 amide bonds. The number of anilines is 1. The summed E-state index contributed by atoms with van der Waals surface area (Å²) in [5.74, 6) is -2.24. The van der Waals surface area contributed by atoms with E-state index in [2.05, 4.69) is 5.32 Å².